The second kappa shape index (κ2) is 4.66. The monoisotopic (exact) mass is 218 g/mol. The Morgan fingerprint density at radius 2 is 1.73 bits per heavy atom. The van der Waals surface area contributed by atoms with Crippen LogP contribution < -0.4 is 0 Å². The van der Waals surface area contributed by atoms with E-state index in [1.54, 1.807) is 12.1 Å². The van der Waals surface area contributed by atoms with Crippen molar-refractivity contribution >= 4 is 0 Å². The highest BCUT2D eigenvalue weighted by Gasteiger charge is 2.27. The molecule has 0 heterocycles. The number of aliphatic hydroxyl groups is 1. The standard InChI is InChI=1S/C11H13F3O/c1-8(7-15)10-4-2-9(3-5-10)6-11(12,13)14/h2-5,8,15H,6-7H2,1H3. The molecule has 0 aliphatic rings. The minimum atomic E-state index is -4.16. The third kappa shape index (κ3) is 3.91. The Bertz CT molecular complexity index is 303. The van der Waals surface area contributed by atoms with Crippen molar-refractivity contribution in [1.29, 1.82) is 0 Å². The second-order valence-corrected chi connectivity index (χ2v) is 3.62. The van der Waals surface area contributed by atoms with Gasteiger partial charge in [0.05, 0.1) is 6.42 Å². The van der Waals surface area contributed by atoms with Gasteiger partial charge in [-0.2, -0.15) is 13.2 Å². The number of hydrogen-bond donors (Lipinski definition) is 1. The average molecular weight is 218 g/mol. The molecule has 1 atom stereocenters. The molecular weight excluding hydrogens is 205 g/mol. The van der Waals surface area contributed by atoms with Crippen LogP contribution in [0.4, 0.5) is 13.2 Å². The highest BCUT2D eigenvalue weighted by atomic mass is 19.4. The molecule has 0 saturated heterocycles. The highest BCUT2D eigenvalue weighted by Crippen LogP contribution is 2.22. The van der Waals surface area contributed by atoms with Gasteiger partial charge in [0.25, 0.3) is 0 Å². The summed E-state index contributed by atoms with van der Waals surface area (Å²) in [6.07, 6.45) is -5.06. The predicted molar refractivity (Wildman–Crippen MR) is 51.7 cm³/mol. The first-order valence-corrected chi connectivity index (χ1v) is 4.69. The molecule has 0 fully saturated rings. The Balaban J connectivity index is 2.72. The minimum absolute atomic E-state index is 0.00137. The lowest BCUT2D eigenvalue weighted by atomic mass is 10.00. The van der Waals surface area contributed by atoms with E-state index >= 15 is 0 Å². The van der Waals surface area contributed by atoms with E-state index in [0.29, 0.717) is 0 Å². The number of alkyl halides is 3. The number of aliphatic hydroxyl groups excluding tert-OH is 1. The Hall–Kier alpha value is -1.03. The van der Waals surface area contributed by atoms with Crippen molar-refractivity contribution in [2.75, 3.05) is 6.61 Å². The molecule has 0 radical (unpaired) electrons. The molecule has 1 unspecified atom stereocenters. The van der Waals surface area contributed by atoms with Crippen LogP contribution in [0.1, 0.15) is 24.0 Å². The summed E-state index contributed by atoms with van der Waals surface area (Å²) < 4.78 is 36.1. The van der Waals surface area contributed by atoms with E-state index in [0.717, 1.165) is 5.56 Å². The summed E-state index contributed by atoms with van der Waals surface area (Å²) >= 11 is 0. The van der Waals surface area contributed by atoms with Gasteiger partial charge >= 0.3 is 6.18 Å². The van der Waals surface area contributed by atoms with Gasteiger partial charge in [-0.3, -0.25) is 0 Å². The summed E-state index contributed by atoms with van der Waals surface area (Å²) in [5.41, 5.74) is 1.10. The molecule has 0 amide bonds. The first-order chi connectivity index (χ1) is 6.92. The van der Waals surface area contributed by atoms with Crippen LogP contribution in [-0.4, -0.2) is 17.9 Å². The Morgan fingerprint density at radius 1 is 1.20 bits per heavy atom. The van der Waals surface area contributed by atoms with Crippen molar-refractivity contribution in [3.8, 4) is 0 Å². The molecule has 0 aliphatic carbocycles. The van der Waals surface area contributed by atoms with Gasteiger partial charge in [0.15, 0.2) is 0 Å². The van der Waals surface area contributed by atoms with Gasteiger partial charge in [-0.05, 0) is 11.1 Å². The van der Waals surface area contributed by atoms with Crippen LogP contribution in [0.2, 0.25) is 0 Å². The fraction of sp³-hybridized carbons (Fsp3) is 0.455. The van der Waals surface area contributed by atoms with E-state index in [4.69, 9.17) is 5.11 Å². The lowest BCUT2D eigenvalue weighted by Crippen LogP contribution is -2.11. The number of hydrogen-bond acceptors (Lipinski definition) is 1. The molecule has 0 bridgehead atoms. The Morgan fingerprint density at radius 3 is 2.13 bits per heavy atom. The van der Waals surface area contributed by atoms with E-state index in [1.165, 1.54) is 12.1 Å². The van der Waals surface area contributed by atoms with E-state index in [-0.39, 0.29) is 18.1 Å². The van der Waals surface area contributed by atoms with Gasteiger partial charge in [0, 0.05) is 12.5 Å². The molecule has 0 aliphatic heterocycles. The fourth-order valence-electron chi connectivity index (χ4n) is 1.30. The lowest BCUT2D eigenvalue weighted by molar-refractivity contribution is -0.127. The molecule has 1 aromatic carbocycles. The SMILES string of the molecule is CC(CO)c1ccc(CC(F)(F)F)cc1. The summed E-state index contributed by atoms with van der Waals surface area (Å²) in [6, 6.07) is 6.16. The van der Waals surface area contributed by atoms with E-state index in [9.17, 15) is 13.2 Å². The molecule has 1 N–H and O–H groups in total. The second-order valence-electron chi connectivity index (χ2n) is 3.62. The summed E-state index contributed by atoms with van der Waals surface area (Å²) in [5.74, 6) is -0.0371. The van der Waals surface area contributed by atoms with Crippen molar-refractivity contribution in [2.45, 2.75) is 25.4 Å². The van der Waals surface area contributed by atoms with Crippen molar-refractivity contribution < 1.29 is 18.3 Å². The van der Waals surface area contributed by atoms with Gasteiger partial charge in [-0.25, -0.2) is 0 Å². The van der Waals surface area contributed by atoms with Crippen LogP contribution >= 0.6 is 0 Å². The Kier molecular flexibility index (Phi) is 3.74. The van der Waals surface area contributed by atoms with E-state index in [1.807, 2.05) is 6.92 Å². The number of benzene rings is 1. The van der Waals surface area contributed by atoms with E-state index < -0.39 is 12.6 Å². The molecular formula is C11H13F3O. The van der Waals surface area contributed by atoms with Crippen LogP contribution in [0.5, 0.6) is 0 Å². The molecule has 1 rings (SSSR count). The Labute approximate surface area is 86.5 Å². The molecule has 4 heteroatoms. The molecule has 0 aromatic heterocycles. The molecule has 15 heavy (non-hydrogen) atoms. The third-order valence-electron chi connectivity index (χ3n) is 2.23. The van der Waals surface area contributed by atoms with Crippen LogP contribution in [-0.2, 0) is 6.42 Å². The van der Waals surface area contributed by atoms with Crippen molar-refractivity contribution in [1.82, 2.24) is 0 Å². The maximum atomic E-state index is 12.0. The predicted octanol–water partition coefficient (Wildman–Crippen LogP) is 2.89. The normalized spacial score (nSPS) is 13.9. The minimum Gasteiger partial charge on any atom is -0.396 e. The van der Waals surface area contributed by atoms with E-state index in [2.05, 4.69) is 0 Å². The zero-order chi connectivity index (χ0) is 11.5. The van der Waals surface area contributed by atoms with Crippen molar-refractivity contribution in [2.24, 2.45) is 0 Å². The maximum Gasteiger partial charge on any atom is 0.393 e. The molecule has 1 aromatic rings. The third-order valence-corrected chi connectivity index (χ3v) is 2.23. The zero-order valence-electron chi connectivity index (χ0n) is 8.38. The first-order valence-electron chi connectivity index (χ1n) is 4.69. The van der Waals surface area contributed by atoms with Crippen molar-refractivity contribution in [3.63, 3.8) is 0 Å². The van der Waals surface area contributed by atoms with Crippen molar-refractivity contribution in [3.05, 3.63) is 35.4 Å². The van der Waals surface area contributed by atoms with Crippen LogP contribution in [0.3, 0.4) is 0 Å². The number of halogens is 3. The largest absolute Gasteiger partial charge is 0.396 e. The van der Waals surface area contributed by atoms with Crippen LogP contribution in [0.25, 0.3) is 0 Å². The topological polar surface area (TPSA) is 20.2 Å². The highest BCUT2D eigenvalue weighted by molar-refractivity contribution is 5.25. The molecule has 0 spiro atoms. The quantitative estimate of drug-likeness (QED) is 0.827. The lowest BCUT2D eigenvalue weighted by Gasteiger charge is -2.10. The van der Waals surface area contributed by atoms with Gasteiger partial charge < -0.3 is 5.11 Å². The van der Waals surface area contributed by atoms with Gasteiger partial charge in [-0.1, -0.05) is 31.2 Å². The summed E-state index contributed by atoms with van der Waals surface area (Å²) in [7, 11) is 0. The number of rotatable bonds is 3. The summed E-state index contributed by atoms with van der Waals surface area (Å²) in [5, 5.41) is 8.86. The molecule has 1 nitrogen and oxygen atoms in total. The van der Waals surface area contributed by atoms with Gasteiger partial charge in [0.1, 0.15) is 0 Å². The molecule has 84 valence electrons. The van der Waals surface area contributed by atoms with Crippen LogP contribution in [0, 0.1) is 0 Å². The smallest absolute Gasteiger partial charge is 0.393 e. The fourth-order valence-corrected chi connectivity index (χ4v) is 1.30. The summed E-state index contributed by atoms with van der Waals surface area (Å²) in [6.45, 7) is 1.82. The average Bonchev–Trinajstić information content (AvgIpc) is 2.15. The van der Waals surface area contributed by atoms with Crippen LogP contribution in [0.15, 0.2) is 24.3 Å². The van der Waals surface area contributed by atoms with Gasteiger partial charge in [-0.15, -0.1) is 0 Å². The maximum absolute atomic E-state index is 12.0. The molecule has 0 saturated carbocycles. The van der Waals surface area contributed by atoms with Gasteiger partial charge in [0.2, 0.25) is 0 Å². The summed E-state index contributed by atoms with van der Waals surface area (Å²) in [4.78, 5) is 0. The zero-order valence-corrected chi connectivity index (χ0v) is 8.38. The first kappa shape index (κ1) is 12.0.